The summed E-state index contributed by atoms with van der Waals surface area (Å²) in [5.41, 5.74) is 0.939. The van der Waals surface area contributed by atoms with Crippen molar-refractivity contribution in [2.45, 2.75) is 51.7 Å². The molecule has 1 aromatic carbocycles. The molecule has 1 aliphatic heterocycles. The summed E-state index contributed by atoms with van der Waals surface area (Å²) in [6.07, 6.45) is 3.85. The van der Waals surface area contributed by atoms with E-state index in [4.69, 9.17) is 9.47 Å². The lowest BCUT2D eigenvalue weighted by Gasteiger charge is -2.33. The van der Waals surface area contributed by atoms with E-state index in [0.717, 1.165) is 31.2 Å². The van der Waals surface area contributed by atoms with Crippen LogP contribution in [0.4, 0.5) is 4.79 Å². The van der Waals surface area contributed by atoms with E-state index in [2.05, 4.69) is 0 Å². The van der Waals surface area contributed by atoms with E-state index < -0.39 is 12.1 Å². The maximum absolute atomic E-state index is 12.3. The Labute approximate surface area is 137 Å². The fourth-order valence-corrected chi connectivity index (χ4v) is 2.61. The van der Waals surface area contributed by atoms with Gasteiger partial charge >= 0.3 is 12.1 Å². The summed E-state index contributed by atoms with van der Waals surface area (Å²) in [4.78, 5) is 26.0. The minimum Gasteiger partial charge on any atom is -0.459 e. The molecule has 0 saturated carbocycles. The molecule has 0 radical (unpaired) electrons. The van der Waals surface area contributed by atoms with Gasteiger partial charge in [-0.05, 0) is 31.2 Å². The molecule has 1 saturated heterocycles. The second kappa shape index (κ2) is 9.18. The molecule has 2 rings (SSSR count). The van der Waals surface area contributed by atoms with E-state index in [1.807, 2.05) is 37.3 Å². The molecule has 1 fully saturated rings. The number of carbonyl (C=O) groups is 2. The number of unbranched alkanes of at least 4 members (excludes halogenated alkanes) is 1. The number of piperidine rings is 1. The van der Waals surface area contributed by atoms with Crippen LogP contribution in [0, 0.1) is 0 Å². The summed E-state index contributed by atoms with van der Waals surface area (Å²) in [6, 6.07) is 9.01. The van der Waals surface area contributed by atoms with Crippen molar-refractivity contribution in [3.63, 3.8) is 0 Å². The number of esters is 1. The molecule has 1 aliphatic rings. The average molecular weight is 319 g/mol. The Kier molecular flexibility index (Phi) is 6.91. The van der Waals surface area contributed by atoms with E-state index in [1.165, 1.54) is 4.90 Å². The van der Waals surface area contributed by atoms with Gasteiger partial charge in [0.2, 0.25) is 0 Å². The second-order valence-electron chi connectivity index (χ2n) is 5.77. The molecule has 126 valence electrons. The monoisotopic (exact) mass is 319 g/mol. The molecule has 1 aromatic rings. The highest BCUT2D eigenvalue weighted by atomic mass is 16.6. The SMILES string of the molecule is CCCCOC(=O)N1CCCCC1C(=O)OCc1ccccc1. The Morgan fingerprint density at radius 1 is 1.17 bits per heavy atom. The normalized spacial score (nSPS) is 17.6. The van der Waals surface area contributed by atoms with Gasteiger partial charge in [-0.25, -0.2) is 9.59 Å². The lowest BCUT2D eigenvalue weighted by molar-refractivity contribution is -0.152. The predicted octanol–water partition coefficient (Wildman–Crippen LogP) is 3.52. The Hall–Kier alpha value is -2.04. The first-order chi connectivity index (χ1) is 11.2. The van der Waals surface area contributed by atoms with Gasteiger partial charge in [0.15, 0.2) is 0 Å². The molecule has 1 unspecified atom stereocenters. The van der Waals surface area contributed by atoms with Gasteiger partial charge in [0, 0.05) is 6.54 Å². The third-order valence-corrected chi connectivity index (χ3v) is 3.96. The van der Waals surface area contributed by atoms with Gasteiger partial charge in [0.05, 0.1) is 6.61 Å². The molecular formula is C18H25NO4. The van der Waals surface area contributed by atoms with Crippen LogP contribution in [-0.2, 0) is 20.9 Å². The standard InChI is InChI=1S/C18H25NO4/c1-2-3-13-22-18(21)19-12-8-7-11-16(19)17(20)23-14-15-9-5-4-6-10-15/h4-6,9-10,16H,2-3,7-8,11-14H2,1H3. The Balaban J connectivity index is 1.89. The Bertz CT molecular complexity index is 503. The van der Waals surface area contributed by atoms with Crippen molar-refractivity contribution < 1.29 is 19.1 Å². The number of hydrogen-bond acceptors (Lipinski definition) is 4. The highest BCUT2D eigenvalue weighted by Crippen LogP contribution is 2.20. The summed E-state index contributed by atoms with van der Waals surface area (Å²) in [6.45, 7) is 3.22. The van der Waals surface area contributed by atoms with Gasteiger partial charge in [-0.2, -0.15) is 0 Å². The molecule has 0 N–H and O–H groups in total. The quantitative estimate of drug-likeness (QED) is 0.594. The Morgan fingerprint density at radius 3 is 2.70 bits per heavy atom. The van der Waals surface area contributed by atoms with Gasteiger partial charge in [0.1, 0.15) is 12.6 Å². The van der Waals surface area contributed by atoms with E-state index in [9.17, 15) is 9.59 Å². The van der Waals surface area contributed by atoms with E-state index in [0.29, 0.717) is 19.6 Å². The summed E-state index contributed by atoms with van der Waals surface area (Å²) >= 11 is 0. The van der Waals surface area contributed by atoms with Crippen LogP contribution in [0.1, 0.15) is 44.6 Å². The van der Waals surface area contributed by atoms with Crippen molar-refractivity contribution in [2.24, 2.45) is 0 Å². The summed E-state index contributed by atoms with van der Waals surface area (Å²) < 4.78 is 10.6. The molecule has 1 heterocycles. The van der Waals surface area contributed by atoms with Crippen LogP contribution < -0.4 is 0 Å². The van der Waals surface area contributed by atoms with Crippen molar-refractivity contribution >= 4 is 12.1 Å². The number of carbonyl (C=O) groups excluding carboxylic acids is 2. The molecule has 23 heavy (non-hydrogen) atoms. The summed E-state index contributed by atoms with van der Waals surface area (Å²) in [5, 5.41) is 0. The fourth-order valence-electron chi connectivity index (χ4n) is 2.61. The zero-order chi connectivity index (χ0) is 16.5. The van der Waals surface area contributed by atoms with Crippen LogP contribution in [0.25, 0.3) is 0 Å². The van der Waals surface area contributed by atoms with E-state index in [1.54, 1.807) is 0 Å². The number of likely N-dealkylation sites (tertiary alicyclic amines) is 1. The molecule has 0 bridgehead atoms. The van der Waals surface area contributed by atoms with Crippen molar-refractivity contribution in [1.82, 2.24) is 4.90 Å². The molecule has 5 nitrogen and oxygen atoms in total. The molecule has 1 atom stereocenters. The molecule has 0 aliphatic carbocycles. The van der Waals surface area contributed by atoms with Crippen LogP contribution in [0.5, 0.6) is 0 Å². The second-order valence-corrected chi connectivity index (χ2v) is 5.77. The Morgan fingerprint density at radius 2 is 1.96 bits per heavy atom. The third-order valence-electron chi connectivity index (χ3n) is 3.96. The van der Waals surface area contributed by atoms with Crippen LogP contribution in [-0.4, -0.2) is 36.2 Å². The van der Waals surface area contributed by atoms with Crippen LogP contribution in [0.2, 0.25) is 0 Å². The highest BCUT2D eigenvalue weighted by molar-refractivity contribution is 5.81. The zero-order valence-electron chi connectivity index (χ0n) is 13.7. The number of rotatable bonds is 6. The fraction of sp³-hybridized carbons (Fsp3) is 0.556. The predicted molar refractivity (Wildman–Crippen MR) is 86.8 cm³/mol. The van der Waals surface area contributed by atoms with Crippen molar-refractivity contribution in [3.05, 3.63) is 35.9 Å². The number of benzene rings is 1. The van der Waals surface area contributed by atoms with Gasteiger partial charge in [-0.1, -0.05) is 43.7 Å². The first kappa shape index (κ1) is 17.3. The van der Waals surface area contributed by atoms with Crippen molar-refractivity contribution in [3.8, 4) is 0 Å². The van der Waals surface area contributed by atoms with Gasteiger partial charge in [-0.3, -0.25) is 4.90 Å². The number of amides is 1. The average Bonchev–Trinajstić information content (AvgIpc) is 2.60. The van der Waals surface area contributed by atoms with E-state index in [-0.39, 0.29) is 12.6 Å². The lowest BCUT2D eigenvalue weighted by Crippen LogP contribution is -2.48. The molecule has 0 spiro atoms. The summed E-state index contributed by atoms with van der Waals surface area (Å²) in [5.74, 6) is -0.346. The van der Waals surface area contributed by atoms with Crippen LogP contribution in [0.3, 0.4) is 0 Å². The molecule has 0 aromatic heterocycles. The maximum Gasteiger partial charge on any atom is 0.410 e. The third kappa shape index (κ3) is 5.27. The zero-order valence-corrected chi connectivity index (χ0v) is 13.7. The lowest BCUT2D eigenvalue weighted by atomic mass is 10.0. The van der Waals surface area contributed by atoms with Crippen molar-refractivity contribution in [1.29, 1.82) is 0 Å². The summed E-state index contributed by atoms with van der Waals surface area (Å²) in [7, 11) is 0. The first-order valence-corrected chi connectivity index (χ1v) is 8.36. The molecule has 5 heteroatoms. The highest BCUT2D eigenvalue weighted by Gasteiger charge is 2.34. The molecule has 1 amide bonds. The maximum atomic E-state index is 12.3. The minimum atomic E-state index is -0.526. The number of hydrogen-bond donors (Lipinski definition) is 0. The van der Waals surface area contributed by atoms with Crippen LogP contribution in [0.15, 0.2) is 30.3 Å². The number of ether oxygens (including phenoxy) is 2. The largest absolute Gasteiger partial charge is 0.459 e. The van der Waals surface area contributed by atoms with E-state index >= 15 is 0 Å². The van der Waals surface area contributed by atoms with Gasteiger partial charge in [0.25, 0.3) is 0 Å². The smallest absolute Gasteiger partial charge is 0.410 e. The van der Waals surface area contributed by atoms with Crippen molar-refractivity contribution in [2.75, 3.05) is 13.2 Å². The number of nitrogens with zero attached hydrogens (tertiary/aromatic N) is 1. The topological polar surface area (TPSA) is 55.8 Å². The molecular weight excluding hydrogens is 294 g/mol. The van der Waals surface area contributed by atoms with Gasteiger partial charge in [-0.15, -0.1) is 0 Å². The minimum absolute atomic E-state index is 0.231. The van der Waals surface area contributed by atoms with Crippen LogP contribution >= 0.6 is 0 Å². The van der Waals surface area contributed by atoms with Gasteiger partial charge < -0.3 is 9.47 Å². The first-order valence-electron chi connectivity index (χ1n) is 8.36.